The molecular weight excluding hydrogens is 222 g/mol. The third-order valence-electron chi connectivity index (χ3n) is 2.24. The van der Waals surface area contributed by atoms with Gasteiger partial charge in [0.05, 0.1) is 10.7 Å². The van der Waals surface area contributed by atoms with Gasteiger partial charge in [-0.05, 0) is 26.7 Å². The molecule has 1 aromatic rings. The highest BCUT2D eigenvalue weighted by atomic mass is 32.1. The van der Waals surface area contributed by atoms with Crippen LogP contribution < -0.4 is 11.1 Å². The van der Waals surface area contributed by atoms with Crippen LogP contribution in [-0.4, -0.2) is 23.5 Å². The predicted octanol–water partition coefficient (Wildman–Crippen LogP) is 1.48. The molecule has 1 rings (SSSR count). The van der Waals surface area contributed by atoms with Crippen molar-refractivity contribution >= 4 is 17.2 Å². The smallest absolute Gasteiger partial charge is 0.263 e. The lowest BCUT2D eigenvalue weighted by Gasteiger charge is -2.09. The molecule has 0 radical (unpaired) electrons. The fourth-order valence-corrected chi connectivity index (χ4v) is 2.40. The van der Waals surface area contributed by atoms with Gasteiger partial charge < -0.3 is 11.1 Å². The summed E-state index contributed by atoms with van der Waals surface area (Å²) in [7, 11) is 0. The molecule has 16 heavy (non-hydrogen) atoms. The summed E-state index contributed by atoms with van der Waals surface area (Å²) in [5.74, 6) is -0.0599. The van der Waals surface area contributed by atoms with Crippen molar-refractivity contribution in [2.24, 2.45) is 5.73 Å². The van der Waals surface area contributed by atoms with E-state index in [-0.39, 0.29) is 11.9 Å². The zero-order valence-electron chi connectivity index (χ0n) is 10.0. The summed E-state index contributed by atoms with van der Waals surface area (Å²) in [6, 6.07) is 0.00336. The van der Waals surface area contributed by atoms with E-state index in [0.717, 1.165) is 23.5 Å². The van der Waals surface area contributed by atoms with Gasteiger partial charge in [0, 0.05) is 12.6 Å². The largest absolute Gasteiger partial charge is 0.348 e. The van der Waals surface area contributed by atoms with E-state index in [1.54, 1.807) is 0 Å². The number of nitrogens with two attached hydrogens (primary N) is 1. The number of carbonyl (C=O) groups excluding carboxylic acids is 1. The van der Waals surface area contributed by atoms with Crippen LogP contribution in [0.4, 0.5) is 0 Å². The van der Waals surface area contributed by atoms with Gasteiger partial charge in [-0.2, -0.15) is 0 Å². The number of nitrogens with zero attached hydrogens (tertiary/aromatic N) is 1. The average molecular weight is 241 g/mol. The van der Waals surface area contributed by atoms with Crippen molar-refractivity contribution in [1.82, 2.24) is 10.3 Å². The monoisotopic (exact) mass is 241 g/mol. The van der Waals surface area contributed by atoms with E-state index in [4.69, 9.17) is 5.73 Å². The Morgan fingerprint density at radius 3 is 2.88 bits per heavy atom. The highest BCUT2D eigenvalue weighted by Crippen LogP contribution is 2.19. The summed E-state index contributed by atoms with van der Waals surface area (Å²) in [6.45, 7) is 6.32. The first-order chi connectivity index (χ1) is 7.58. The second-order valence-electron chi connectivity index (χ2n) is 3.88. The number of amides is 1. The molecule has 0 saturated heterocycles. The minimum atomic E-state index is -0.0599. The number of nitrogens with one attached hydrogen (secondary N) is 1. The number of aromatic nitrogens is 1. The maximum Gasteiger partial charge on any atom is 0.263 e. The Balaban J connectivity index is 2.75. The molecule has 0 aliphatic carbocycles. The Labute approximate surface area is 100 Å². The second kappa shape index (κ2) is 5.96. The van der Waals surface area contributed by atoms with Crippen LogP contribution >= 0.6 is 11.3 Å². The first-order valence-electron chi connectivity index (χ1n) is 5.55. The number of carbonyl (C=O) groups is 1. The topological polar surface area (TPSA) is 68.0 Å². The van der Waals surface area contributed by atoms with Gasteiger partial charge in [0.1, 0.15) is 4.88 Å². The third kappa shape index (κ3) is 3.28. The zero-order valence-corrected chi connectivity index (χ0v) is 10.9. The standard InChI is InChI=1S/C11H19N3OS/c1-4-5-9-14-8(3)10(16-9)11(15)13-7(2)6-12/h7H,4-6,12H2,1-3H3,(H,13,15)/t7-/m0/s1. The molecule has 1 atom stereocenters. The molecule has 3 N–H and O–H groups in total. The van der Waals surface area contributed by atoms with Crippen LogP contribution in [0.25, 0.3) is 0 Å². The van der Waals surface area contributed by atoms with Crippen molar-refractivity contribution in [3.63, 3.8) is 0 Å². The molecule has 0 spiro atoms. The van der Waals surface area contributed by atoms with Gasteiger partial charge in [-0.25, -0.2) is 4.98 Å². The van der Waals surface area contributed by atoms with E-state index < -0.39 is 0 Å². The summed E-state index contributed by atoms with van der Waals surface area (Å²) >= 11 is 1.48. The van der Waals surface area contributed by atoms with Crippen LogP contribution in [0.5, 0.6) is 0 Å². The summed E-state index contributed by atoms with van der Waals surface area (Å²) in [4.78, 5) is 16.9. The van der Waals surface area contributed by atoms with E-state index in [0.29, 0.717) is 11.4 Å². The van der Waals surface area contributed by atoms with E-state index in [1.807, 2.05) is 13.8 Å². The van der Waals surface area contributed by atoms with E-state index in [9.17, 15) is 4.79 Å². The first-order valence-corrected chi connectivity index (χ1v) is 6.37. The SMILES string of the molecule is CCCc1nc(C)c(C(=O)N[C@@H](C)CN)s1. The summed E-state index contributed by atoms with van der Waals surface area (Å²) in [5.41, 5.74) is 6.28. The highest BCUT2D eigenvalue weighted by molar-refractivity contribution is 7.13. The van der Waals surface area contributed by atoms with Crippen molar-refractivity contribution in [1.29, 1.82) is 0 Å². The average Bonchev–Trinajstić information content (AvgIpc) is 2.60. The van der Waals surface area contributed by atoms with Crippen molar-refractivity contribution in [2.75, 3.05) is 6.54 Å². The van der Waals surface area contributed by atoms with Crippen LogP contribution in [-0.2, 0) is 6.42 Å². The Morgan fingerprint density at radius 1 is 1.62 bits per heavy atom. The molecule has 0 unspecified atom stereocenters. The lowest BCUT2D eigenvalue weighted by Crippen LogP contribution is -2.37. The quantitative estimate of drug-likeness (QED) is 0.820. The van der Waals surface area contributed by atoms with Gasteiger partial charge in [0.15, 0.2) is 0 Å². The predicted molar refractivity (Wildman–Crippen MR) is 66.8 cm³/mol. The van der Waals surface area contributed by atoms with Gasteiger partial charge in [0.25, 0.3) is 5.91 Å². The molecule has 0 bridgehead atoms. The Morgan fingerprint density at radius 2 is 2.31 bits per heavy atom. The number of rotatable bonds is 5. The molecular formula is C11H19N3OS. The molecule has 1 heterocycles. The van der Waals surface area contributed by atoms with Gasteiger partial charge in [-0.3, -0.25) is 4.79 Å². The molecule has 0 aliphatic heterocycles. The summed E-state index contributed by atoms with van der Waals surface area (Å²) < 4.78 is 0. The molecule has 0 aromatic carbocycles. The molecule has 0 saturated carbocycles. The number of hydrogen-bond donors (Lipinski definition) is 2. The third-order valence-corrected chi connectivity index (χ3v) is 3.46. The lowest BCUT2D eigenvalue weighted by atomic mass is 10.3. The fourth-order valence-electron chi connectivity index (χ4n) is 1.33. The van der Waals surface area contributed by atoms with Crippen molar-refractivity contribution < 1.29 is 4.79 Å². The fraction of sp³-hybridized carbons (Fsp3) is 0.636. The number of aryl methyl sites for hydroxylation is 2. The molecule has 1 aromatic heterocycles. The molecule has 90 valence electrons. The molecule has 0 fully saturated rings. The second-order valence-corrected chi connectivity index (χ2v) is 4.97. The summed E-state index contributed by atoms with van der Waals surface area (Å²) in [6.07, 6.45) is 1.98. The van der Waals surface area contributed by atoms with Gasteiger partial charge in [-0.15, -0.1) is 11.3 Å². The Bertz CT molecular complexity index is 362. The Hall–Kier alpha value is -0.940. The van der Waals surface area contributed by atoms with Crippen molar-refractivity contribution in [3.05, 3.63) is 15.6 Å². The van der Waals surface area contributed by atoms with Crippen LogP contribution in [0.2, 0.25) is 0 Å². The highest BCUT2D eigenvalue weighted by Gasteiger charge is 2.16. The molecule has 1 amide bonds. The van der Waals surface area contributed by atoms with E-state index in [1.165, 1.54) is 11.3 Å². The van der Waals surface area contributed by atoms with Gasteiger partial charge in [0.2, 0.25) is 0 Å². The van der Waals surface area contributed by atoms with Gasteiger partial charge in [-0.1, -0.05) is 6.92 Å². The normalized spacial score (nSPS) is 12.5. The maximum absolute atomic E-state index is 11.9. The number of thiazole rings is 1. The minimum absolute atomic E-state index is 0.00336. The molecule has 4 nitrogen and oxygen atoms in total. The maximum atomic E-state index is 11.9. The zero-order chi connectivity index (χ0) is 12.1. The van der Waals surface area contributed by atoms with Crippen molar-refractivity contribution in [3.8, 4) is 0 Å². The Kier molecular flexibility index (Phi) is 4.89. The van der Waals surface area contributed by atoms with Crippen LogP contribution in [0.3, 0.4) is 0 Å². The van der Waals surface area contributed by atoms with Crippen LogP contribution in [0.15, 0.2) is 0 Å². The van der Waals surface area contributed by atoms with E-state index >= 15 is 0 Å². The van der Waals surface area contributed by atoms with Crippen LogP contribution in [0.1, 0.15) is 40.6 Å². The molecule has 5 heteroatoms. The minimum Gasteiger partial charge on any atom is -0.348 e. The van der Waals surface area contributed by atoms with E-state index in [2.05, 4.69) is 17.2 Å². The molecule has 0 aliphatic rings. The van der Waals surface area contributed by atoms with Gasteiger partial charge >= 0.3 is 0 Å². The lowest BCUT2D eigenvalue weighted by molar-refractivity contribution is 0.0944. The number of hydrogen-bond acceptors (Lipinski definition) is 4. The first kappa shape index (κ1) is 13.1. The summed E-state index contributed by atoms with van der Waals surface area (Å²) in [5, 5.41) is 3.88. The van der Waals surface area contributed by atoms with Crippen LogP contribution in [0, 0.1) is 6.92 Å². The van der Waals surface area contributed by atoms with Crippen molar-refractivity contribution in [2.45, 2.75) is 39.7 Å².